The molecule has 6 heteroatoms. The fraction of sp³-hybridized carbons (Fsp3) is 0.609. The summed E-state index contributed by atoms with van der Waals surface area (Å²) in [5.41, 5.74) is 1.75. The third-order valence-electron chi connectivity index (χ3n) is 6.95. The van der Waals surface area contributed by atoms with Gasteiger partial charge >= 0.3 is 5.97 Å². The van der Waals surface area contributed by atoms with Crippen molar-refractivity contribution in [3.63, 3.8) is 0 Å². The monoisotopic (exact) mass is 398 g/mol. The number of carbonyl (C=O) groups excluding carboxylic acids is 2. The van der Waals surface area contributed by atoms with Gasteiger partial charge in [-0.15, -0.1) is 0 Å². The fourth-order valence-electron chi connectivity index (χ4n) is 5.30. The zero-order chi connectivity index (χ0) is 20.4. The highest BCUT2D eigenvalue weighted by molar-refractivity contribution is 5.87. The predicted octanol–water partition coefficient (Wildman–Crippen LogP) is 3.06. The number of rotatable bonds is 4. The van der Waals surface area contributed by atoms with Crippen LogP contribution in [0.25, 0.3) is 0 Å². The molecule has 2 fully saturated rings. The van der Waals surface area contributed by atoms with E-state index in [2.05, 4.69) is 5.32 Å². The maximum Gasteiger partial charge on any atom is 0.331 e. The molecule has 1 aromatic carbocycles. The summed E-state index contributed by atoms with van der Waals surface area (Å²) in [6.45, 7) is 0.450. The van der Waals surface area contributed by atoms with Gasteiger partial charge in [0.2, 0.25) is 11.8 Å². The largest absolute Gasteiger partial charge is 0.479 e. The first-order valence-corrected chi connectivity index (χ1v) is 11.0. The lowest BCUT2D eigenvalue weighted by molar-refractivity contribution is -0.153. The fourth-order valence-corrected chi connectivity index (χ4v) is 5.30. The summed E-state index contributed by atoms with van der Waals surface area (Å²) >= 11 is 0. The molecule has 2 amide bonds. The van der Waals surface area contributed by atoms with Gasteiger partial charge in [0.05, 0.1) is 0 Å². The van der Waals surface area contributed by atoms with Gasteiger partial charge in [-0.05, 0) is 56.1 Å². The van der Waals surface area contributed by atoms with Crippen LogP contribution in [0, 0.1) is 11.8 Å². The maximum atomic E-state index is 13.2. The van der Waals surface area contributed by atoms with E-state index < -0.39 is 12.0 Å². The smallest absolute Gasteiger partial charge is 0.331 e. The van der Waals surface area contributed by atoms with Gasteiger partial charge in [-0.1, -0.05) is 37.1 Å². The molecular formula is C23H30N2O4. The molecule has 1 aromatic rings. The Kier molecular flexibility index (Phi) is 5.88. The Balaban J connectivity index is 1.36. The van der Waals surface area contributed by atoms with E-state index in [1.54, 1.807) is 4.90 Å². The van der Waals surface area contributed by atoms with Crippen LogP contribution in [0.3, 0.4) is 0 Å². The molecule has 2 N–H and O–H groups in total. The Hall–Kier alpha value is -2.37. The third-order valence-corrected chi connectivity index (χ3v) is 6.95. The first kappa shape index (κ1) is 19.9. The number of carboxylic acids is 1. The average molecular weight is 399 g/mol. The predicted molar refractivity (Wildman–Crippen MR) is 108 cm³/mol. The van der Waals surface area contributed by atoms with Crippen molar-refractivity contribution < 1.29 is 19.5 Å². The minimum Gasteiger partial charge on any atom is -0.479 e. The number of nitrogens with one attached hydrogen (secondary N) is 1. The Labute approximate surface area is 171 Å². The van der Waals surface area contributed by atoms with Gasteiger partial charge < -0.3 is 15.3 Å². The zero-order valence-corrected chi connectivity index (χ0v) is 16.8. The standard InChI is InChI=1S/C23H30N2O4/c26-21(16-6-1-2-7-16)24-18-11-9-17(10-12-18)22(27)25-14-13-15-5-3-4-8-19(15)20(25)23(28)29/h3-5,8,16-18,20H,1-2,6-7,9-14H2,(H,24,26)(H,28,29). The van der Waals surface area contributed by atoms with E-state index in [4.69, 9.17) is 0 Å². The summed E-state index contributed by atoms with van der Waals surface area (Å²) in [7, 11) is 0. The lowest BCUT2D eigenvalue weighted by Gasteiger charge is -2.38. The normalized spacial score (nSPS) is 27.3. The van der Waals surface area contributed by atoms with E-state index in [0.29, 0.717) is 25.8 Å². The Morgan fingerprint density at radius 1 is 0.931 bits per heavy atom. The van der Waals surface area contributed by atoms with Crippen molar-refractivity contribution in [2.75, 3.05) is 6.54 Å². The first-order chi connectivity index (χ1) is 14.0. The lowest BCUT2D eigenvalue weighted by atomic mass is 9.83. The van der Waals surface area contributed by atoms with E-state index in [1.165, 1.54) is 0 Å². The van der Waals surface area contributed by atoms with Crippen molar-refractivity contribution in [1.82, 2.24) is 10.2 Å². The van der Waals surface area contributed by atoms with E-state index in [-0.39, 0.29) is 29.7 Å². The van der Waals surface area contributed by atoms with Crippen molar-refractivity contribution >= 4 is 17.8 Å². The summed E-state index contributed by atoms with van der Waals surface area (Å²) < 4.78 is 0. The van der Waals surface area contributed by atoms with E-state index >= 15 is 0 Å². The highest BCUT2D eigenvalue weighted by Crippen LogP contribution is 2.34. The molecule has 1 atom stereocenters. The van der Waals surface area contributed by atoms with Gasteiger partial charge in [-0.3, -0.25) is 9.59 Å². The average Bonchev–Trinajstić information content (AvgIpc) is 3.28. The summed E-state index contributed by atoms with van der Waals surface area (Å²) in [5, 5.41) is 13.0. The highest BCUT2D eigenvalue weighted by atomic mass is 16.4. The van der Waals surface area contributed by atoms with Crippen LogP contribution in [-0.2, 0) is 20.8 Å². The van der Waals surface area contributed by atoms with Gasteiger partial charge in [0, 0.05) is 24.4 Å². The first-order valence-electron chi connectivity index (χ1n) is 11.0. The number of hydrogen-bond donors (Lipinski definition) is 2. The highest BCUT2D eigenvalue weighted by Gasteiger charge is 2.39. The number of carboxylic acid groups (broad SMARTS) is 1. The quantitative estimate of drug-likeness (QED) is 0.816. The summed E-state index contributed by atoms with van der Waals surface area (Å²) in [6.07, 6.45) is 7.95. The van der Waals surface area contributed by atoms with Crippen LogP contribution >= 0.6 is 0 Å². The number of aliphatic carboxylic acids is 1. The Morgan fingerprint density at radius 3 is 2.31 bits per heavy atom. The number of fused-ring (bicyclic) bond motifs is 1. The number of hydrogen-bond acceptors (Lipinski definition) is 3. The molecule has 1 heterocycles. The summed E-state index contributed by atoms with van der Waals surface area (Å²) in [4.78, 5) is 39.1. The van der Waals surface area contributed by atoms with Gasteiger partial charge in [0.25, 0.3) is 0 Å². The molecule has 2 aliphatic carbocycles. The van der Waals surface area contributed by atoms with Crippen molar-refractivity contribution in [2.45, 2.75) is 69.9 Å². The molecule has 0 aromatic heterocycles. The van der Waals surface area contributed by atoms with E-state index in [9.17, 15) is 19.5 Å². The number of carbonyl (C=O) groups is 3. The molecular weight excluding hydrogens is 368 g/mol. The Morgan fingerprint density at radius 2 is 1.62 bits per heavy atom. The van der Waals surface area contributed by atoms with Crippen LogP contribution in [0.5, 0.6) is 0 Å². The van der Waals surface area contributed by atoms with Gasteiger partial charge in [0.1, 0.15) is 0 Å². The molecule has 6 nitrogen and oxygen atoms in total. The zero-order valence-electron chi connectivity index (χ0n) is 16.8. The SMILES string of the molecule is O=C(NC1CCC(C(=O)N2CCc3ccccc3C2C(=O)O)CC1)C1CCCC1. The molecule has 0 spiro atoms. The van der Waals surface area contributed by atoms with Crippen LogP contribution in [0.2, 0.25) is 0 Å². The topological polar surface area (TPSA) is 86.7 Å². The molecule has 1 aliphatic heterocycles. The minimum absolute atomic E-state index is 0.0486. The maximum absolute atomic E-state index is 13.2. The number of amides is 2. The molecule has 0 radical (unpaired) electrons. The second-order valence-corrected chi connectivity index (χ2v) is 8.76. The molecule has 0 bridgehead atoms. The summed E-state index contributed by atoms with van der Waals surface area (Å²) in [5.74, 6) is -0.827. The van der Waals surface area contributed by atoms with Crippen molar-refractivity contribution in [3.8, 4) is 0 Å². The molecule has 3 aliphatic rings. The summed E-state index contributed by atoms with van der Waals surface area (Å²) in [6, 6.07) is 6.77. The molecule has 156 valence electrons. The second kappa shape index (κ2) is 8.56. The lowest BCUT2D eigenvalue weighted by Crippen LogP contribution is -2.48. The van der Waals surface area contributed by atoms with E-state index in [1.807, 2.05) is 24.3 Å². The van der Waals surface area contributed by atoms with Crippen molar-refractivity contribution in [2.24, 2.45) is 11.8 Å². The van der Waals surface area contributed by atoms with Gasteiger partial charge in [-0.2, -0.15) is 0 Å². The van der Waals surface area contributed by atoms with Crippen LogP contribution in [0.4, 0.5) is 0 Å². The van der Waals surface area contributed by atoms with Crippen LogP contribution in [0.1, 0.15) is 68.5 Å². The van der Waals surface area contributed by atoms with Crippen molar-refractivity contribution in [1.29, 1.82) is 0 Å². The number of benzene rings is 1. The molecule has 2 saturated carbocycles. The molecule has 0 saturated heterocycles. The van der Waals surface area contributed by atoms with Gasteiger partial charge in [-0.25, -0.2) is 4.79 Å². The van der Waals surface area contributed by atoms with Crippen LogP contribution in [-0.4, -0.2) is 40.4 Å². The molecule has 4 rings (SSSR count). The van der Waals surface area contributed by atoms with Crippen molar-refractivity contribution in [3.05, 3.63) is 35.4 Å². The van der Waals surface area contributed by atoms with E-state index in [0.717, 1.165) is 49.7 Å². The number of nitrogens with zero attached hydrogens (tertiary/aromatic N) is 1. The second-order valence-electron chi connectivity index (χ2n) is 8.76. The molecule has 1 unspecified atom stereocenters. The minimum atomic E-state index is -0.969. The molecule has 29 heavy (non-hydrogen) atoms. The van der Waals surface area contributed by atoms with Crippen LogP contribution < -0.4 is 5.32 Å². The Bertz CT molecular complexity index is 779. The third kappa shape index (κ3) is 4.16. The van der Waals surface area contributed by atoms with Gasteiger partial charge in [0.15, 0.2) is 6.04 Å². The van der Waals surface area contributed by atoms with Crippen LogP contribution in [0.15, 0.2) is 24.3 Å².